The monoisotopic (exact) mass is 262 g/mol. The molecule has 0 spiro atoms. The molecule has 102 valence electrons. The first-order chi connectivity index (χ1) is 9.15. The predicted molar refractivity (Wildman–Crippen MR) is 69.6 cm³/mol. The summed E-state index contributed by atoms with van der Waals surface area (Å²) in [7, 11) is 0. The van der Waals surface area contributed by atoms with Crippen molar-refractivity contribution in [3.05, 3.63) is 28.4 Å². The van der Waals surface area contributed by atoms with Gasteiger partial charge in [0.1, 0.15) is 5.69 Å². The number of hydrogen-bond acceptors (Lipinski definition) is 4. The number of amides is 1. The molecule has 6 heteroatoms. The van der Waals surface area contributed by atoms with E-state index in [1.54, 1.807) is 0 Å². The summed E-state index contributed by atoms with van der Waals surface area (Å²) in [5, 5.41) is 0. The number of likely N-dealkylation sites (tertiary alicyclic amines) is 1. The molecule has 2 aliphatic rings. The van der Waals surface area contributed by atoms with Gasteiger partial charge in [-0.2, -0.15) is 0 Å². The molecule has 3 rings (SSSR count). The van der Waals surface area contributed by atoms with Gasteiger partial charge in [-0.25, -0.2) is 4.98 Å². The number of nitrogens with one attached hydrogen (secondary N) is 1. The van der Waals surface area contributed by atoms with Gasteiger partial charge < -0.3 is 15.6 Å². The van der Waals surface area contributed by atoms with E-state index in [0.29, 0.717) is 24.1 Å². The lowest BCUT2D eigenvalue weighted by atomic mass is 9.78. The van der Waals surface area contributed by atoms with Crippen LogP contribution >= 0.6 is 0 Å². The van der Waals surface area contributed by atoms with Crippen molar-refractivity contribution >= 4 is 5.91 Å². The Kier molecular flexibility index (Phi) is 3.10. The Morgan fingerprint density at radius 1 is 1.42 bits per heavy atom. The predicted octanol–water partition coefficient (Wildman–Crippen LogP) is -0.0307. The molecule has 3 atom stereocenters. The van der Waals surface area contributed by atoms with Gasteiger partial charge in [0.2, 0.25) is 0 Å². The minimum Gasteiger partial charge on any atom is -0.337 e. The van der Waals surface area contributed by atoms with Gasteiger partial charge >= 0.3 is 0 Å². The zero-order valence-corrected chi connectivity index (χ0v) is 10.7. The van der Waals surface area contributed by atoms with Crippen LogP contribution in [0.1, 0.15) is 29.8 Å². The molecule has 0 aromatic carbocycles. The van der Waals surface area contributed by atoms with Crippen LogP contribution in [-0.4, -0.2) is 39.9 Å². The van der Waals surface area contributed by atoms with Crippen LogP contribution in [0.25, 0.3) is 0 Å². The molecular formula is C13H18N4O2. The van der Waals surface area contributed by atoms with E-state index < -0.39 is 0 Å². The van der Waals surface area contributed by atoms with Crippen LogP contribution in [0.2, 0.25) is 0 Å². The number of H-pyrrole nitrogens is 1. The molecule has 1 aromatic heterocycles. The summed E-state index contributed by atoms with van der Waals surface area (Å²) >= 11 is 0. The zero-order valence-electron chi connectivity index (χ0n) is 10.7. The fraction of sp³-hybridized carbons (Fsp3) is 0.615. The number of hydrogen-bond donors (Lipinski definition) is 2. The second-order valence-electron chi connectivity index (χ2n) is 5.53. The van der Waals surface area contributed by atoms with E-state index in [-0.39, 0.29) is 17.5 Å². The van der Waals surface area contributed by atoms with Crippen LogP contribution in [0, 0.1) is 11.8 Å². The van der Waals surface area contributed by atoms with Crippen molar-refractivity contribution in [1.82, 2.24) is 14.9 Å². The number of carbonyl (C=O) groups excluding carboxylic acids is 1. The van der Waals surface area contributed by atoms with Crippen LogP contribution in [-0.2, 0) is 0 Å². The summed E-state index contributed by atoms with van der Waals surface area (Å²) in [5.41, 5.74) is 6.14. The molecule has 1 aromatic rings. The highest BCUT2D eigenvalue weighted by molar-refractivity contribution is 5.92. The second-order valence-corrected chi connectivity index (χ2v) is 5.53. The lowest BCUT2D eigenvalue weighted by molar-refractivity contribution is 0.0777. The summed E-state index contributed by atoms with van der Waals surface area (Å²) in [6, 6.07) is 0.208. The molecule has 0 radical (unpaired) electrons. The minimum atomic E-state index is -0.298. The highest BCUT2D eigenvalue weighted by atomic mass is 16.2. The Hall–Kier alpha value is -1.69. The van der Waals surface area contributed by atoms with Crippen molar-refractivity contribution in [3.63, 3.8) is 0 Å². The Morgan fingerprint density at radius 3 is 2.95 bits per heavy atom. The largest absolute Gasteiger partial charge is 0.337 e. The van der Waals surface area contributed by atoms with Gasteiger partial charge in [-0.15, -0.1) is 0 Å². The van der Waals surface area contributed by atoms with Gasteiger partial charge in [0.05, 0.1) is 6.20 Å². The highest BCUT2D eigenvalue weighted by Crippen LogP contribution is 2.35. The van der Waals surface area contributed by atoms with Crippen molar-refractivity contribution in [3.8, 4) is 0 Å². The number of aromatic nitrogens is 2. The molecule has 1 aliphatic heterocycles. The lowest BCUT2D eigenvalue weighted by Crippen LogP contribution is -2.38. The van der Waals surface area contributed by atoms with Crippen molar-refractivity contribution in [2.24, 2.45) is 17.6 Å². The maximum atomic E-state index is 12.3. The quantitative estimate of drug-likeness (QED) is 0.743. The van der Waals surface area contributed by atoms with Crippen LogP contribution in [0.15, 0.2) is 17.2 Å². The molecule has 6 nitrogen and oxygen atoms in total. The standard InChI is InChI=1S/C13H18N4O2/c14-10-3-1-2-8-6-17(7-9(8)10)13(19)11-4-16-12(18)5-15-11/h4-5,8-10H,1-3,6-7,14H2,(H,16,18). The van der Waals surface area contributed by atoms with Gasteiger partial charge in [0.25, 0.3) is 11.5 Å². The first kappa shape index (κ1) is 12.3. The van der Waals surface area contributed by atoms with Gasteiger partial charge in [-0.05, 0) is 24.7 Å². The molecule has 3 N–H and O–H groups in total. The molecule has 0 bridgehead atoms. The maximum absolute atomic E-state index is 12.3. The van der Waals surface area contributed by atoms with Crippen LogP contribution < -0.4 is 11.3 Å². The number of nitrogens with zero attached hydrogens (tertiary/aromatic N) is 2. The van der Waals surface area contributed by atoms with E-state index >= 15 is 0 Å². The molecule has 2 fully saturated rings. The fourth-order valence-electron chi connectivity index (χ4n) is 3.30. The molecule has 1 aliphatic carbocycles. The second kappa shape index (κ2) is 4.77. The first-order valence-electron chi connectivity index (χ1n) is 6.75. The van der Waals surface area contributed by atoms with Gasteiger partial charge in [0, 0.05) is 25.3 Å². The van der Waals surface area contributed by atoms with Crippen molar-refractivity contribution in [2.75, 3.05) is 13.1 Å². The summed E-state index contributed by atoms with van der Waals surface area (Å²) in [6.07, 6.45) is 5.89. The van der Waals surface area contributed by atoms with E-state index in [1.807, 2.05) is 4.90 Å². The van der Waals surface area contributed by atoms with E-state index in [9.17, 15) is 9.59 Å². The third-order valence-electron chi connectivity index (χ3n) is 4.33. The van der Waals surface area contributed by atoms with Crippen molar-refractivity contribution < 1.29 is 4.79 Å². The molecular weight excluding hydrogens is 244 g/mol. The van der Waals surface area contributed by atoms with Gasteiger partial charge in [-0.3, -0.25) is 9.59 Å². The van der Waals surface area contributed by atoms with Crippen molar-refractivity contribution in [1.29, 1.82) is 0 Å². The Bertz CT molecular complexity index is 521. The average molecular weight is 262 g/mol. The van der Waals surface area contributed by atoms with E-state index in [1.165, 1.54) is 6.20 Å². The minimum absolute atomic E-state index is 0.113. The molecule has 1 saturated heterocycles. The van der Waals surface area contributed by atoms with Crippen LogP contribution in [0.5, 0.6) is 0 Å². The fourth-order valence-corrected chi connectivity index (χ4v) is 3.30. The third kappa shape index (κ3) is 2.28. The Balaban J connectivity index is 1.75. The number of rotatable bonds is 1. The number of nitrogens with two attached hydrogens (primary N) is 1. The first-order valence-corrected chi connectivity index (χ1v) is 6.75. The zero-order chi connectivity index (χ0) is 13.4. The van der Waals surface area contributed by atoms with E-state index in [2.05, 4.69) is 9.97 Å². The molecule has 19 heavy (non-hydrogen) atoms. The Morgan fingerprint density at radius 2 is 2.26 bits per heavy atom. The van der Waals surface area contributed by atoms with Gasteiger partial charge in [-0.1, -0.05) is 6.42 Å². The summed E-state index contributed by atoms with van der Waals surface area (Å²) in [5.74, 6) is 0.828. The lowest BCUT2D eigenvalue weighted by Gasteiger charge is -2.29. The molecule has 1 amide bonds. The summed E-state index contributed by atoms with van der Waals surface area (Å²) in [6.45, 7) is 1.48. The van der Waals surface area contributed by atoms with Crippen molar-refractivity contribution in [2.45, 2.75) is 25.3 Å². The van der Waals surface area contributed by atoms with Crippen LogP contribution in [0.4, 0.5) is 0 Å². The molecule has 1 saturated carbocycles. The maximum Gasteiger partial charge on any atom is 0.273 e. The van der Waals surface area contributed by atoms with Crippen LogP contribution in [0.3, 0.4) is 0 Å². The number of carbonyl (C=O) groups is 1. The van der Waals surface area contributed by atoms with Gasteiger partial charge in [0.15, 0.2) is 0 Å². The summed E-state index contributed by atoms with van der Waals surface area (Å²) in [4.78, 5) is 31.5. The molecule has 3 unspecified atom stereocenters. The number of aromatic amines is 1. The topological polar surface area (TPSA) is 92.1 Å². The number of fused-ring (bicyclic) bond motifs is 1. The van der Waals surface area contributed by atoms with E-state index in [0.717, 1.165) is 32.0 Å². The van der Waals surface area contributed by atoms with E-state index in [4.69, 9.17) is 5.73 Å². The smallest absolute Gasteiger partial charge is 0.273 e. The third-order valence-corrected chi connectivity index (χ3v) is 4.33. The highest BCUT2D eigenvalue weighted by Gasteiger charge is 2.40. The average Bonchev–Trinajstić information content (AvgIpc) is 2.84. The normalized spacial score (nSPS) is 30.2. The molecule has 2 heterocycles. The Labute approximate surface area is 111 Å². The summed E-state index contributed by atoms with van der Waals surface area (Å²) < 4.78 is 0. The SMILES string of the molecule is NC1CCCC2CN(C(=O)c3c[nH]c(=O)cn3)CC12.